The summed E-state index contributed by atoms with van der Waals surface area (Å²) < 4.78 is 10.8. The molecule has 3 aromatic rings. The molecule has 134 valence electrons. The van der Waals surface area contributed by atoms with Crippen LogP contribution in [0, 0.1) is 0 Å². The maximum absolute atomic E-state index is 12.3. The van der Waals surface area contributed by atoms with Gasteiger partial charge in [0.25, 0.3) is 0 Å². The number of carbonyl (C=O) groups excluding carboxylic acids is 1. The van der Waals surface area contributed by atoms with E-state index in [1.165, 1.54) is 0 Å². The first-order chi connectivity index (χ1) is 12.8. The van der Waals surface area contributed by atoms with Crippen LogP contribution in [0.2, 0.25) is 0 Å². The molecule has 0 radical (unpaired) electrons. The van der Waals surface area contributed by atoms with Gasteiger partial charge < -0.3 is 14.5 Å². The lowest BCUT2D eigenvalue weighted by atomic mass is 10.0. The molecule has 26 heavy (non-hydrogen) atoms. The van der Waals surface area contributed by atoms with E-state index in [1.807, 2.05) is 66.7 Å². The van der Waals surface area contributed by atoms with Gasteiger partial charge in [0.2, 0.25) is 5.91 Å². The predicted molar refractivity (Wildman–Crippen MR) is 99.8 cm³/mol. The molecule has 1 heterocycles. The summed E-state index contributed by atoms with van der Waals surface area (Å²) in [4.78, 5) is 12.3. The third-order valence-corrected chi connectivity index (χ3v) is 4.10. The van der Waals surface area contributed by atoms with E-state index < -0.39 is 0 Å². The molecule has 2 N–H and O–H groups in total. The Labute approximate surface area is 153 Å². The molecule has 1 atom stereocenters. The third kappa shape index (κ3) is 4.52. The number of benzene rings is 2. The van der Waals surface area contributed by atoms with Crippen molar-refractivity contribution in [1.82, 2.24) is 10.6 Å². The Balaban J connectivity index is 1.60. The fraction of sp³-hybridized carbons (Fsp3) is 0.190. The van der Waals surface area contributed by atoms with E-state index >= 15 is 0 Å². The van der Waals surface area contributed by atoms with Gasteiger partial charge in [0, 0.05) is 12.1 Å². The molecule has 0 fully saturated rings. The second-order valence-corrected chi connectivity index (χ2v) is 5.83. The molecule has 0 aliphatic heterocycles. The Morgan fingerprint density at radius 3 is 2.54 bits per heavy atom. The van der Waals surface area contributed by atoms with Crippen LogP contribution in [-0.4, -0.2) is 19.6 Å². The zero-order chi connectivity index (χ0) is 18.2. The van der Waals surface area contributed by atoms with Crippen molar-refractivity contribution in [3.63, 3.8) is 0 Å². The predicted octanol–water partition coefficient (Wildman–Crippen LogP) is 3.28. The number of hydrogen-bond acceptors (Lipinski definition) is 4. The normalized spacial score (nSPS) is 11.7. The van der Waals surface area contributed by atoms with Crippen molar-refractivity contribution in [3.05, 3.63) is 89.9 Å². The Bertz CT molecular complexity index is 816. The lowest BCUT2D eigenvalue weighted by molar-refractivity contribution is -0.120. The Kier molecular flexibility index (Phi) is 6.06. The molecule has 3 rings (SSSR count). The van der Waals surface area contributed by atoms with Crippen molar-refractivity contribution in [2.24, 2.45) is 0 Å². The van der Waals surface area contributed by atoms with E-state index in [0.29, 0.717) is 6.54 Å². The maximum Gasteiger partial charge on any atom is 0.234 e. The summed E-state index contributed by atoms with van der Waals surface area (Å²) in [7, 11) is 1.62. The molecule has 1 amide bonds. The number of ether oxygens (including phenoxy) is 1. The first-order valence-electron chi connectivity index (χ1n) is 8.48. The second kappa shape index (κ2) is 8.87. The monoisotopic (exact) mass is 350 g/mol. The van der Waals surface area contributed by atoms with Crippen LogP contribution in [0.3, 0.4) is 0 Å². The highest BCUT2D eigenvalue weighted by molar-refractivity contribution is 5.78. The number of amides is 1. The number of furan rings is 1. The van der Waals surface area contributed by atoms with Crippen LogP contribution in [0.1, 0.15) is 22.9 Å². The lowest BCUT2D eigenvalue weighted by Gasteiger charge is -2.17. The van der Waals surface area contributed by atoms with Gasteiger partial charge >= 0.3 is 0 Å². The molecule has 1 aromatic heterocycles. The summed E-state index contributed by atoms with van der Waals surface area (Å²) >= 11 is 0. The fourth-order valence-electron chi connectivity index (χ4n) is 2.78. The highest BCUT2D eigenvalue weighted by Crippen LogP contribution is 2.22. The Morgan fingerprint density at radius 1 is 1.04 bits per heavy atom. The van der Waals surface area contributed by atoms with Crippen molar-refractivity contribution < 1.29 is 13.9 Å². The van der Waals surface area contributed by atoms with Crippen LogP contribution in [0.25, 0.3) is 0 Å². The second-order valence-electron chi connectivity index (χ2n) is 5.83. The number of para-hydroxylation sites is 1. The SMILES string of the molecule is COc1ccccc1CNC(=O)CN[C@@H](c1ccccc1)c1ccco1. The molecule has 0 bridgehead atoms. The summed E-state index contributed by atoms with van der Waals surface area (Å²) in [6.45, 7) is 0.594. The number of carbonyl (C=O) groups is 1. The van der Waals surface area contributed by atoms with Crippen LogP contribution < -0.4 is 15.4 Å². The summed E-state index contributed by atoms with van der Waals surface area (Å²) in [6, 6.07) is 21.1. The third-order valence-electron chi connectivity index (χ3n) is 4.10. The van der Waals surface area contributed by atoms with Gasteiger partial charge in [-0.25, -0.2) is 0 Å². The number of hydrogen-bond donors (Lipinski definition) is 2. The first kappa shape index (κ1) is 17.8. The first-order valence-corrected chi connectivity index (χ1v) is 8.48. The van der Waals surface area contributed by atoms with E-state index in [4.69, 9.17) is 9.15 Å². The Hall–Kier alpha value is -3.05. The molecule has 5 heteroatoms. The Morgan fingerprint density at radius 2 is 1.81 bits per heavy atom. The topological polar surface area (TPSA) is 63.5 Å². The summed E-state index contributed by atoms with van der Waals surface area (Å²) in [5.41, 5.74) is 1.98. The van der Waals surface area contributed by atoms with E-state index in [-0.39, 0.29) is 18.5 Å². The largest absolute Gasteiger partial charge is 0.496 e. The lowest BCUT2D eigenvalue weighted by Crippen LogP contribution is -2.35. The van der Waals surface area contributed by atoms with Gasteiger partial charge in [0.05, 0.1) is 26.0 Å². The molecule has 0 saturated heterocycles. The number of nitrogens with one attached hydrogen (secondary N) is 2. The van der Waals surface area contributed by atoms with Crippen molar-refractivity contribution in [3.8, 4) is 5.75 Å². The molecular weight excluding hydrogens is 328 g/mol. The van der Waals surface area contributed by atoms with E-state index in [9.17, 15) is 4.79 Å². The van der Waals surface area contributed by atoms with Gasteiger partial charge in [-0.15, -0.1) is 0 Å². The number of rotatable bonds is 8. The molecule has 5 nitrogen and oxygen atoms in total. The standard InChI is InChI=1S/C21H22N2O3/c1-25-18-11-6-5-10-17(18)14-22-20(24)15-23-21(19-12-7-13-26-19)16-8-3-2-4-9-16/h2-13,21,23H,14-15H2,1H3,(H,22,24)/t21-/m0/s1. The van der Waals surface area contributed by atoms with Crippen molar-refractivity contribution >= 4 is 5.91 Å². The van der Waals surface area contributed by atoms with Crippen LogP contribution >= 0.6 is 0 Å². The summed E-state index contributed by atoms with van der Waals surface area (Å²) in [5.74, 6) is 1.44. The molecule has 2 aromatic carbocycles. The highest BCUT2D eigenvalue weighted by Gasteiger charge is 2.17. The number of methoxy groups -OCH3 is 1. The minimum atomic E-state index is -0.178. The highest BCUT2D eigenvalue weighted by atomic mass is 16.5. The minimum Gasteiger partial charge on any atom is -0.496 e. The molecule has 0 spiro atoms. The van der Waals surface area contributed by atoms with Gasteiger partial charge in [-0.05, 0) is 23.8 Å². The maximum atomic E-state index is 12.3. The van der Waals surface area contributed by atoms with Gasteiger partial charge in [-0.1, -0.05) is 48.5 Å². The minimum absolute atomic E-state index is 0.0941. The van der Waals surface area contributed by atoms with Gasteiger partial charge in [-0.2, -0.15) is 0 Å². The van der Waals surface area contributed by atoms with Gasteiger partial charge in [0.15, 0.2) is 0 Å². The molecule has 0 saturated carbocycles. The molecule has 0 aliphatic rings. The average Bonchev–Trinajstić information content (AvgIpc) is 3.22. The van der Waals surface area contributed by atoms with Crippen molar-refractivity contribution in [2.75, 3.05) is 13.7 Å². The van der Waals surface area contributed by atoms with Crippen molar-refractivity contribution in [2.45, 2.75) is 12.6 Å². The van der Waals surface area contributed by atoms with E-state index in [0.717, 1.165) is 22.6 Å². The molecule has 0 aliphatic carbocycles. The van der Waals surface area contributed by atoms with E-state index in [2.05, 4.69) is 10.6 Å². The van der Waals surface area contributed by atoms with Gasteiger partial charge in [0.1, 0.15) is 11.5 Å². The summed E-state index contributed by atoms with van der Waals surface area (Å²) in [5, 5.41) is 6.18. The quantitative estimate of drug-likeness (QED) is 0.654. The fourth-order valence-corrected chi connectivity index (χ4v) is 2.78. The van der Waals surface area contributed by atoms with Crippen molar-refractivity contribution in [1.29, 1.82) is 0 Å². The average molecular weight is 350 g/mol. The summed E-state index contributed by atoms with van der Waals surface area (Å²) in [6.07, 6.45) is 1.63. The van der Waals surface area contributed by atoms with Crippen LogP contribution in [0.5, 0.6) is 5.75 Å². The van der Waals surface area contributed by atoms with E-state index in [1.54, 1.807) is 13.4 Å². The smallest absolute Gasteiger partial charge is 0.234 e. The zero-order valence-electron chi connectivity index (χ0n) is 14.6. The van der Waals surface area contributed by atoms with Crippen LogP contribution in [0.15, 0.2) is 77.4 Å². The zero-order valence-corrected chi connectivity index (χ0v) is 14.6. The molecule has 0 unspecified atom stereocenters. The van der Waals surface area contributed by atoms with Crippen LogP contribution in [0.4, 0.5) is 0 Å². The molecular formula is C21H22N2O3. The van der Waals surface area contributed by atoms with Gasteiger partial charge in [-0.3, -0.25) is 10.1 Å². The van der Waals surface area contributed by atoms with Crippen LogP contribution in [-0.2, 0) is 11.3 Å².